The Kier molecular flexibility index (Phi) is 2.32. The van der Waals surface area contributed by atoms with E-state index in [9.17, 15) is 19.3 Å². The lowest BCUT2D eigenvalue weighted by Crippen LogP contribution is -2.05. The van der Waals surface area contributed by atoms with Gasteiger partial charge in [0.1, 0.15) is 0 Å². The molecular formula is C7H5FN2O4. The van der Waals surface area contributed by atoms with Crippen LogP contribution in [0.3, 0.4) is 0 Å². The summed E-state index contributed by atoms with van der Waals surface area (Å²) in [6.45, 7) is 0. The number of carboxylic acids is 1. The molecule has 0 amide bonds. The van der Waals surface area contributed by atoms with Crippen LogP contribution in [-0.2, 0) is 0 Å². The van der Waals surface area contributed by atoms with Gasteiger partial charge in [-0.2, -0.15) is 4.39 Å². The van der Waals surface area contributed by atoms with Crippen LogP contribution in [0.25, 0.3) is 0 Å². The molecule has 0 atom stereocenters. The molecule has 74 valence electrons. The van der Waals surface area contributed by atoms with Crippen LogP contribution in [0.5, 0.6) is 0 Å². The molecule has 0 aromatic heterocycles. The number of nitrogen functional groups attached to an aromatic ring is 1. The fourth-order valence-electron chi connectivity index (χ4n) is 0.903. The first kappa shape index (κ1) is 9.90. The Hall–Kier alpha value is -2.18. The summed E-state index contributed by atoms with van der Waals surface area (Å²) in [5, 5.41) is 18.7. The number of nitrogens with two attached hydrogens (primary N) is 1. The van der Waals surface area contributed by atoms with E-state index in [1.807, 2.05) is 0 Å². The molecule has 0 heterocycles. The summed E-state index contributed by atoms with van der Waals surface area (Å²) in [7, 11) is 0. The largest absolute Gasteiger partial charge is 0.478 e. The minimum Gasteiger partial charge on any atom is -0.478 e. The molecule has 1 aromatic rings. The summed E-state index contributed by atoms with van der Waals surface area (Å²) in [4.78, 5) is 19.7. The van der Waals surface area contributed by atoms with Gasteiger partial charge in [-0.25, -0.2) is 4.79 Å². The van der Waals surface area contributed by atoms with Gasteiger partial charge in [-0.1, -0.05) is 0 Å². The Morgan fingerprint density at radius 3 is 2.57 bits per heavy atom. The first-order valence-corrected chi connectivity index (χ1v) is 3.40. The van der Waals surface area contributed by atoms with Crippen molar-refractivity contribution in [1.29, 1.82) is 0 Å². The SMILES string of the molecule is Nc1cc([N+](=O)[O-])c(F)cc1C(=O)O. The van der Waals surface area contributed by atoms with Crippen LogP contribution < -0.4 is 5.73 Å². The van der Waals surface area contributed by atoms with Crippen molar-refractivity contribution in [2.24, 2.45) is 0 Å². The zero-order chi connectivity index (χ0) is 10.9. The molecule has 7 heteroatoms. The molecule has 1 rings (SSSR count). The molecule has 0 saturated carbocycles. The summed E-state index contributed by atoms with van der Waals surface area (Å²) < 4.78 is 12.9. The van der Waals surface area contributed by atoms with Crippen molar-refractivity contribution in [3.05, 3.63) is 33.6 Å². The lowest BCUT2D eigenvalue weighted by molar-refractivity contribution is -0.387. The highest BCUT2D eigenvalue weighted by Gasteiger charge is 2.19. The Morgan fingerprint density at radius 2 is 2.14 bits per heavy atom. The van der Waals surface area contributed by atoms with Gasteiger partial charge in [0, 0.05) is 6.07 Å². The molecule has 0 aliphatic rings. The van der Waals surface area contributed by atoms with Crippen LogP contribution in [0, 0.1) is 15.9 Å². The van der Waals surface area contributed by atoms with E-state index in [1.54, 1.807) is 0 Å². The molecule has 3 N–H and O–H groups in total. The molecular weight excluding hydrogens is 195 g/mol. The second-order valence-corrected chi connectivity index (χ2v) is 2.45. The second kappa shape index (κ2) is 3.29. The molecule has 0 fully saturated rings. The smallest absolute Gasteiger partial charge is 0.337 e. The van der Waals surface area contributed by atoms with E-state index < -0.39 is 28.0 Å². The molecule has 0 aliphatic heterocycles. The summed E-state index contributed by atoms with van der Waals surface area (Å²) in [5.74, 6) is -2.65. The van der Waals surface area contributed by atoms with Crippen LogP contribution in [0.1, 0.15) is 10.4 Å². The molecule has 14 heavy (non-hydrogen) atoms. The highest BCUT2D eigenvalue weighted by molar-refractivity contribution is 5.94. The molecule has 0 bridgehead atoms. The number of halogens is 1. The Balaban J connectivity index is 3.38. The Morgan fingerprint density at radius 1 is 1.57 bits per heavy atom. The van der Waals surface area contributed by atoms with Crippen molar-refractivity contribution in [1.82, 2.24) is 0 Å². The molecule has 0 radical (unpaired) electrons. The van der Waals surface area contributed by atoms with Crippen LogP contribution in [0.15, 0.2) is 12.1 Å². The third-order valence-electron chi connectivity index (χ3n) is 1.55. The van der Waals surface area contributed by atoms with Crippen LogP contribution in [-0.4, -0.2) is 16.0 Å². The number of hydrogen-bond donors (Lipinski definition) is 2. The van der Waals surface area contributed by atoms with E-state index >= 15 is 0 Å². The van der Waals surface area contributed by atoms with Crippen LogP contribution >= 0.6 is 0 Å². The zero-order valence-electron chi connectivity index (χ0n) is 6.73. The maximum atomic E-state index is 12.9. The van der Waals surface area contributed by atoms with Gasteiger partial charge in [-0.3, -0.25) is 10.1 Å². The standard InChI is InChI=1S/C7H5FN2O4/c8-4-1-3(7(11)12)5(9)2-6(4)10(13)14/h1-2H,9H2,(H,11,12). The fraction of sp³-hybridized carbons (Fsp3) is 0. The van der Waals surface area contributed by atoms with Gasteiger partial charge in [0.25, 0.3) is 0 Å². The minimum absolute atomic E-state index is 0.342. The predicted octanol–water partition coefficient (Wildman–Crippen LogP) is 1.01. The normalized spacial score (nSPS) is 9.79. The van der Waals surface area contributed by atoms with Gasteiger partial charge >= 0.3 is 11.7 Å². The Bertz CT molecular complexity index is 379. The van der Waals surface area contributed by atoms with E-state index in [1.165, 1.54) is 0 Å². The van der Waals surface area contributed by atoms with Crippen molar-refractivity contribution < 1.29 is 19.2 Å². The van der Waals surface area contributed by atoms with Crippen molar-refractivity contribution in [2.45, 2.75) is 0 Å². The number of nitro groups is 1. The van der Waals surface area contributed by atoms with E-state index in [0.29, 0.717) is 12.1 Å². The number of carbonyl (C=O) groups is 1. The number of aromatic carboxylic acids is 1. The summed E-state index contributed by atoms with van der Waals surface area (Å²) in [6.07, 6.45) is 0. The van der Waals surface area contributed by atoms with Gasteiger partial charge in [0.15, 0.2) is 0 Å². The first-order chi connectivity index (χ1) is 6.43. The van der Waals surface area contributed by atoms with Gasteiger partial charge in [0.2, 0.25) is 5.82 Å². The van der Waals surface area contributed by atoms with Crippen molar-refractivity contribution >= 4 is 17.3 Å². The van der Waals surface area contributed by atoms with Crippen LogP contribution in [0.4, 0.5) is 15.8 Å². The van der Waals surface area contributed by atoms with Crippen molar-refractivity contribution in [2.75, 3.05) is 5.73 Å². The van der Waals surface area contributed by atoms with Gasteiger partial charge < -0.3 is 10.8 Å². The van der Waals surface area contributed by atoms with Crippen LogP contribution in [0.2, 0.25) is 0 Å². The highest BCUT2D eigenvalue weighted by Crippen LogP contribution is 2.23. The minimum atomic E-state index is -1.43. The van der Waals surface area contributed by atoms with Crippen molar-refractivity contribution in [3.63, 3.8) is 0 Å². The number of benzene rings is 1. The monoisotopic (exact) mass is 200 g/mol. The summed E-state index contributed by atoms with van der Waals surface area (Å²) in [6, 6.07) is 1.20. The zero-order valence-corrected chi connectivity index (χ0v) is 6.73. The number of hydrogen-bond acceptors (Lipinski definition) is 4. The van der Waals surface area contributed by atoms with E-state index in [0.717, 1.165) is 0 Å². The fourth-order valence-corrected chi connectivity index (χ4v) is 0.903. The van der Waals surface area contributed by atoms with Crippen molar-refractivity contribution in [3.8, 4) is 0 Å². The maximum Gasteiger partial charge on any atom is 0.337 e. The highest BCUT2D eigenvalue weighted by atomic mass is 19.1. The predicted molar refractivity (Wildman–Crippen MR) is 44.4 cm³/mol. The average molecular weight is 200 g/mol. The molecule has 0 aliphatic carbocycles. The van der Waals surface area contributed by atoms with E-state index in [2.05, 4.69) is 0 Å². The number of anilines is 1. The second-order valence-electron chi connectivity index (χ2n) is 2.45. The summed E-state index contributed by atoms with van der Waals surface area (Å²) in [5.41, 5.74) is 3.50. The lowest BCUT2D eigenvalue weighted by Gasteiger charge is -2.00. The van der Waals surface area contributed by atoms with E-state index in [-0.39, 0.29) is 5.69 Å². The number of carboxylic acid groups (broad SMARTS) is 1. The third-order valence-corrected chi connectivity index (χ3v) is 1.55. The number of nitro benzene ring substituents is 1. The van der Waals surface area contributed by atoms with Gasteiger partial charge in [-0.05, 0) is 6.07 Å². The molecule has 1 aromatic carbocycles. The topological polar surface area (TPSA) is 106 Å². The molecule has 0 saturated heterocycles. The quantitative estimate of drug-likeness (QED) is 0.421. The lowest BCUT2D eigenvalue weighted by atomic mass is 10.1. The average Bonchev–Trinajstić information content (AvgIpc) is 2.07. The van der Waals surface area contributed by atoms with E-state index in [4.69, 9.17) is 10.8 Å². The number of rotatable bonds is 2. The number of nitrogens with zero attached hydrogens (tertiary/aromatic N) is 1. The maximum absolute atomic E-state index is 12.9. The molecule has 6 nitrogen and oxygen atoms in total. The van der Waals surface area contributed by atoms with Gasteiger partial charge in [0.05, 0.1) is 16.2 Å². The molecule has 0 spiro atoms. The third kappa shape index (κ3) is 1.60. The first-order valence-electron chi connectivity index (χ1n) is 3.40. The van der Waals surface area contributed by atoms with Gasteiger partial charge in [-0.15, -0.1) is 0 Å². The summed E-state index contributed by atoms with van der Waals surface area (Å²) >= 11 is 0. The Labute approximate surface area is 76.9 Å². The molecule has 0 unspecified atom stereocenters.